The number of Topliss-reactive ketones (excluding diaryl/α,β-unsaturated/α-hetero) is 2. The Bertz CT molecular complexity index is 613. The van der Waals surface area contributed by atoms with Crippen molar-refractivity contribution in [1.29, 1.82) is 0 Å². The highest BCUT2D eigenvalue weighted by atomic mass is 35.5. The van der Waals surface area contributed by atoms with Gasteiger partial charge in [-0.2, -0.15) is 0 Å². The molecule has 0 aromatic carbocycles. The summed E-state index contributed by atoms with van der Waals surface area (Å²) in [5, 5.41) is 0. The summed E-state index contributed by atoms with van der Waals surface area (Å²) in [7, 11) is 2.77. The van der Waals surface area contributed by atoms with E-state index in [-0.39, 0.29) is 11.6 Å². The molecule has 0 saturated heterocycles. The Morgan fingerprint density at radius 1 is 0.714 bits per heavy atom. The summed E-state index contributed by atoms with van der Waals surface area (Å²) >= 11 is 27.4. The number of ether oxygens (including phenoxy) is 2. The Hall–Kier alpha value is 0.420. The molecular formula is C13H10Cl4O4. The van der Waals surface area contributed by atoms with Crippen LogP contribution in [-0.4, -0.2) is 51.1 Å². The molecule has 5 saturated carbocycles. The van der Waals surface area contributed by atoms with Gasteiger partial charge in [0.25, 0.3) is 0 Å². The molecule has 5 aliphatic carbocycles. The van der Waals surface area contributed by atoms with Gasteiger partial charge in [-0.3, -0.25) is 9.59 Å². The van der Waals surface area contributed by atoms with Crippen molar-refractivity contribution in [3.05, 3.63) is 0 Å². The van der Waals surface area contributed by atoms with Gasteiger partial charge in [0, 0.05) is 14.2 Å². The van der Waals surface area contributed by atoms with E-state index >= 15 is 0 Å². The fraction of sp³-hybridized carbons (Fsp3) is 0.846. The SMILES string of the molecule is COC1(OC)[C@]2(Cl)[C@H]3C(=O)[C@H]4[C@@H]5C(=O)[C@@H]3[C@@]1(Cl)[C@]5(Cl)[C@@]42Cl. The van der Waals surface area contributed by atoms with Gasteiger partial charge in [0.2, 0.25) is 5.79 Å². The Balaban J connectivity index is 1.99. The Morgan fingerprint density at radius 2 is 1.00 bits per heavy atom. The van der Waals surface area contributed by atoms with Crippen molar-refractivity contribution < 1.29 is 19.1 Å². The summed E-state index contributed by atoms with van der Waals surface area (Å²) in [6.45, 7) is 0. The molecule has 4 nitrogen and oxygen atoms in total. The smallest absolute Gasteiger partial charge is 0.211 e. The van der Waals surface area contributed by atoms with Crippen LogP contribution in [0.3, 0.4) is 0 Å². The number of hydrogen-bond donors (Lipinski definition) is 0. The van der Waals surface area contributed by atoms with Crippen LogP contribution in [0.1, 0.15) is 0 Å². The maximum absolute atomic E-state index is 12.7. The van der Waals surface area contributed by atoms with E-state index in [0.29, 0.717) is 0 Å². The minimum Gasteiger partial charge on any atom is -0.350 e. The minimum atomic E-state index is -1.58. The molecule has 5 rings (SSSR count). The third-order valence-electron chi connectivity index (χ3n) is 6.73. The first-order chi connectivity index (χ1) is 9.68. The zero-order valence-corrected chi connectivity index (χ0v) is 14.0. The normalized spacial score (nSPS) is 67.3. The van der Waals surface area contributed by atoms with Crippen LogP contribution in [0.15, 0.2) is 0 Å². The zero-order valence-electron chi connectivity index (χ0n) is 11.0. The second-order valence-electron chi connectivity index (χ2n) is 6.59. The summed E-state index contributed by atoms with van der Waals surface area (Å²) in [5.41, 5.74) is 0. The lowest BCUT2D eigenvalue weighted by atomic mass is 9.57. The van der Waals surface area contributed by atoms with Crippen LogP contribution in [0.4, 0.5) is 0 Å². The van der Waals surface area contributed by atoms with Crippen LogP contribution in [0.25, 0.3) is 0 Å². The van der Waals surface area contributed by atoms with E-state index < -0.39 is 49.0 Å². The highest BCUT2D eigenvalue weighted by Gasteiger charge is 3.12. The molecule has 0 heterocycles. The maximum Gasteiger partial charge on any atom is 0.211 e. The van der Waals surface area contributed by atoms with E-state index in [1.54, 1.807) is 0 Å². The van der Waals surface area contributed by atoms with Gasteiger partial charge in [-0.1, -0.05) is 0 Å². The van der Waals surface area contributed by atoms with E-state index in [4.69, 9.17) is 55.9 Å². The lowest BCUT2D eigenvalue weighted by molar-refractivity contribution is -0.224. The van der Waals surface area contributed by atoms with E-state index in [0.717, 1.165) is 0 Å². The van der Waals surface area contributed by atoms with E-state index in [1.807, 2.05) is 0 Å². The molecule has 5 aliphatic rings. The third-order valence-corrected chi connectivity index (χ3v) is 10.2. The topological polar surface area (TPSA) is 52.6 Å². The predicted octanol–water partition coefficient (Wildman–Crippen LogP) is 1.56. The number of carbonyl (C=O) groups excluding carboxylic acids is 2. The molecule has 8 atom stereocenters. The lowest BCUT2D eigenvalue weighted by Crippen LogP contribution is -2.73. The van der Waals surface area contributed by atoms with E-state index in [2.05, 4.69) is 0 Å². The average molecular weight is 372 g/mol. The monoisotopic (exact) mass is 370 g/mol. The fourth-order valence-electron chi connectivity index (χ4n) is 6.37. The number of hydrogen-bond acceptors (Lipinski definition) is 4. The van der Waals surface area contributed by atoms with E-state index in [1.165, 1.54) is 14.2 Å². The number of alkyl halides is 4. The fourth-order valence-corrected chi connectivity index (χ4v) is 9.60. The van der Waals surface area contributed by atoms with Crippen LogP contribution >= 0.6 is 46.4 Å². The van der Waals surface area contributed by atoms with Gasteiger partial charge in [0.15, 0.2) is 0 Å². The van der Waals surface area contributed by atoms with Crippen LogP contribution in [0.2, 0.25) is 0 Å². The first-order valence-electron chi connectivity index (χ1n) is 6.61. The van der Waals surface area contributed by atoms with Gasteiger partial charge in [0.05, 0.1) is 23.7 Å². The summed E-state index contributed by atoms with van der Waals surface area (Å²) in [5.74, 6) is -4.86. The van der Waals surface area contributed by atoms with Crippen molar-refractivity contribution in [2.24, 2.45) is 23.7 Å². The van der Waals surface area contributed by atoms with Crippen molar-refractivity contribution >= 4 is 58.0 Å². The standard InChI is InChI=1S/C13H10Cl4O4/c1-20-13(21-2)11(16)5-6-8(19)4-3(7(5)18)9(11,14)10(4,15)12(6,13)17/h3-6H,1-2H3/t3-,4-,5-,6-,9-,10+,11-,12+/m1/s1. The highest BCUT2D eigenvalue weighted by molar-refractivity contribution is 6.56. The molecule has 2 bridgehead atoms. The number of methoxy groups -OCH3 is 2. The number of ketones is 2. The van der Waals surface area contributed by atoms with Crippen LogP contribution in [-0.2, 0) is 19.1 Å². The van der Waals surface area contributed by atoms with Gasteiger partial charge in [-0.15, -0.1) is 46.4 Å². The summed E-state index contributed by atoms with van der Waals surface area (Å²) in [6.07, 6.45) is 0. The molecule has 0 radical (unpaired) electrons. The Morgan fingerprint density at radius 3 is 1.29 bits per heavy atom. The molecule has 0 amide bonds. The Kier molecular flexibility index (Phi) is 1.99. The zero-order chi connectivity index (χ0) is 15.4. The van der Waals surface area contributed by atoms with Crippen molar-refractivity contribution in [2.75, 3.05) is 14.2 Å². The van der Waals surface area contributed by atoms with Crippen molar-refractivity contribution in [3.63, 3.8) is 0 Å². The van der Waals surface area contributed by atoms with E-state index in [9.17, 15) is 9.59 Å². The second-order valence-corrected chi connectivity index (χ2v) is 8.97. The average Bonchev–Trinajstić information content (AvgIpc) is 2.73. The first kappa shape index (κ1) is 13.8. The predicted molar refractivity (Wildman–Crippen MR) is 75.1 cm³/mol. The molecule has 8 heteroatoms. The van der Waals surface area contributed by atoms with Gasteiger partial charge < -0.3 is 9.47 Å². The summed E-state index contributed by atoms with van der Waals surface area (Å²) in [4.78, 5) is 19.9. The minimum absolute atomic E-state index is 0.135. The molecular weight excluding hydrogens is 362 g/mol. The molecule has 0 aromatic rings. The van der Waals surface area contributed by atoms with Crippen molar-refractivity contribution in [1.82, 2.24) is 0 Å². The molecule has 0 unspecified atom stereocenters. The second kappa shape index (κ2) is 3.03. The summed E-state index contributed by atoms with van der Waals surface area (Å²) in [6, 6.07) is 0. The molecule has 114 valence electrons. The van der Waals surface area contributed by atoms with Gasteiger partial charge >= 0.3 is 0 Å². The summed E-state index contributed by atoms with van der Waals surface area (Å²) < 4.78 is 11.2. The third kappa shape index (κ3) is 0.701. The van der Waals surface area contributed by atoms with Crippen molar-refractivity contribution in [2.45, 2.75) is 25.3 Å². The first-order valence-corrected chi connectivity index (χ1v) is 8.13. The van der Waals surface area contributed by atoms with Crippen LogP contribution < -0.4 is 0 Å². The van der Waals surface area contributed by atoms with Gasteiger partial charge in [-0.25, -0.2) is 0 Å². The van der Waals surface area contributed by atoms with Gasteiger partial charge in [0.1, 0.15) is 31.1 Å². The molecule has 0 aliphatic heterocycles. The quantitative estimate of drug-likeness (QED) is 0.546. The molecule has 21 heavy (non-hydrogen) atoms. The largest absolute Gasteiger partial charge is 0.350 e. The Labute approximate surface area is 140 Å². The molecule has 0 spiro atoms. The number of carbonyl (C=O) groups is 2. The lowest BCUT2D eigenvalue weighted by Gasteiger charge is -2.57. The maximum atomic E-state index is 12.7. The highest BCUT2D eigenvalue weighted by Crippen LogP contribution is 2.95. The number of fused-ring (bicyclic) bond motifs is 2. The molecule has 0 aromatic heterocycles. The van der Waals surface area contributed by atoms with Crippen molar-refractivity contribution in [3.8, 4) is 0 Å². The number of rotatable bonds is 2. The van der Waals surface area contributed by atoms with Crippen LogP contribution in [0, 0.1) is 23.7 Å². The number of halogens is 4. The molecule has 5 fully saturated rings. The molecule has 0 N–H and O–H groups in total. The van der Waals surface area contributed by atoms with Crippen LogP contribution in [0.5, 0.6) is 0 Å². The van der Waals surface area contributed by atoms with Gasteiger partial charge in [-0.05, 0) is 0 Å².